The second kappa shape index (κ2) is 19.3. The number of anilines is 6. The zero-order chi connectivity index (χ0) is 47.3. The van der Waals surface area contributed by atoms with E-state index in [-0.39, 0.29) is 0 Å². The molecule has 3 heteroatoms. The molecule has 0 aliphatic carbocycles. The molecule has 336 valence electrons. The highest BCUT2D eigenvalue weighted by Gasteiger charge is 2.22. The Morgan fingerprint density at radius 3 is 0.930 bits per heavy atom. The topological polar surface area (TPSA) is 11.4 Å². The van der Waals surface area contributed by atoms with Gasteiger partial charge in [0.15, 0.2) is 0 Å². The van der Waals surface area contributed by atoms with Gasteiger partial charge in [0.1, 0.15) is 0 Å². The number of benzene rings is 11. The number of hydrogen-bond acceptors (Lipinski definition) is 2. The molecule has 0 amide bonds. The summed E-state index contributed by atoms with van der Waals surface area (Å²) < 4.78 is 2.42. The highest BCUT2D eigenvalue weighted by molar-refractivity contribution is 6.07. The first-order chi connectivity index (χ1) is 35.2. The van der Waals surface area contributed by atoms with Crippen molar-refractivity contribution in [3.63, 3.8) is 0 Å². The molecular formula is C68H49N3. The molecule has 0 radical (unpaired) electrons. The van der Waals surface area contributed by atoms with Crippen LogP contribution in [0, 0.1) is 0 Å². The van der Waals surface area contributed by atoms with Crippen LogP contribution in [0.3, 0.4) is 0 Å². The van der Waals surface area contributed by atoms with Crippen LogP contribution in [0.15, 0.2) is 297 Å². The summed E-state index contributed by atoms with van der Waals surface area (Å²) in [4.78, 5) is 4.65. The number of nitrogens with zero attached hydrogens (tertiary/aromatic N) is 3. The minimum absolute atomic E-state index is 1.08. The van der Waals surface area contributed by atoms with Crippen molar-refractivity contribution in [2.24, 2.45) is 0 Å². The van der Waals surface area contributed by atoms with E-state index in [4.69, 9.17) is 0 Å². The van der Waals surface area contributed by atoms with Gasteiger partial charge >= 0.3 is 0 Å². The zero-order valence-corrected chi connectivity index (χ0v) is 39.1. The van der Waals surface area contributed by atoms with Crippen molar-refractivity contribution in [1.29, 1.82) is 0 Å². The number of para-hydroxylation sites is 3. The fraction of sp³-hybridized carbons (Fsp3) is 0. The highest BCUT2D eigenvalue weighted by atomic mass is 15.1. The van der Waals surface area contributed by atoms with Crippen molar-refractivity contribution in [1.82, 2.24) is 4.57 Å². The van der Waals surface area contributed by atoms with Gasteiger partial charge in [0.2, 0.25) is 0 Å². The molecule has 12 rings (SSSR count). The summed E-state index contributed by atoms with van der Waals surface area (Å²) in [6.45, 7) is 0. The molecule has 0 aliphatic rings. The molecular weight excluding hydrogens is 859 g/mol. The third kappa shape index (κ3) is 8.58. The van der Waals surface area contributed by atoms with E-state index >= 15 is 0 Å². The molecule has 12 aromatic rings. The highest BCUT2D eigenvalue weighted by Crippen LogP contribution is 2.45. The Morgan fingerprint density at radius 2 is 0.521 bits per heavy atom. The lowest BCUT2D eigenvalue weighted by Crippen LogP contribution is -2.10. The molecule has 11 aromatic carbocycles. The van der Waals surface area contributed by atoms with Gasteiger partial charge in [-0.2, -0.15) is 0 Å². The van der Waals surface area contributed by atoms with Gasteiger partial charge in [-0.3, -0.25) is 0 Å². The molecule has 0 atom stereocenters. The molecule has 71 heavy (non-hydrogen) atoms. The predicted octanol–water partition coefficient (Wildman–Crippen LogP) is 18.9. The van der Waals surface area contributed by atoms with Crippen molar-refractivity contribution >= 4 is 45.0 Å². The Labute approximate surface area is 416 Å². The van der Waals surface area contributed by atoms with Crippen molar-refractivity contribution in [2.75, 3.05) is 9.80 Å². The number of rotatable bonds is 12. The average Bonchev–Trinajstić information content (AvgIpc) is 3.80. The van der Waals surface area contributed by atoms with E-state index in [2.05, 4.69) is 312 Å². The molecule has 1 aromatic heterocycles. The Hall–Kier alpha value is -9.44. The molecule has 0 saturated carbocycles. The lowest BCUT2D eigenvalue weighted by atomic mass is 9.96. The molecule has 0 fully saturated rings. The minimum Gasteiger partial charge on any atom is -0.311 e. The first kappa shape index (κ1) is 42.9. The summed E-state index contributed by atoms with van der Waals surface area (Å²) in [5.74, 6) is 0. The largest absolute Gasteiger partial charge is 0.311 e. The summed E-state index contributed by atoms with van der Waals surface area (Å²) in [6, 6.07) is 107. The SMILES string of the molecule is c1ccc(-c2ccc(N(c3ccc(-c4ccc(N(c5ccccc5)c5ccccc5)cc4)cc3)c3ccc(-c4ccc5c(c4)c(-c4ccccc4)c(-c4ccccc4)n5-c4ccccc4)cc3)cc2)cc1. The van der Waals surface area contributed by atoms with Crippen molar-refractivity contribution < 1.29 is 0 Å². The Morgan fingerprint density at radius 1 is 0.225 bits per heavy atom. The fourth-order valence-electron chi connectivity index (χ4n) is 9.97. The van der Waals surface area contributed by atoms with Gasteiger partial charge in [-0.1, -0.05) is 200 Å². The van der Waals surface area contributed by atoms with E-state index < -0.39 is 0 Å². The molecule has 3 nitrogen and oxygen atoms in total. The lowest BCUT2D eigenvalue weighted by molar-refractivity contribution is 1.13. The maximum Gasteiger partial charge on any atom is 0.0619 e. The van der Waals surface area contributed by atoms with Gasteiger partial charge in [-0.05, 0) is 142 Å². The molecule has 0 aliphatic heterocycles. The summed E-state index contributed by atoms with van der Waals surface area (Å²) in [5.41, 5.74) is 20.7. The van der Waals surface area contributed by atoms with Crippen LogP contribution in [0.5, 0.6) is 0 Å². The Kier molecular flexibility index (Phi) is 11.6. The predicted molar refractivity (Wildman–Crippen MR) is 300 cm³/mol. The van der Waals surface area contributed by atoms with Gasteiger partial charge < -0.3 is 14.4 Å². The van der Waals surface area contributed by atoms with Crippen LogP contribution < -0.4 is 9.80 Å². The second-order valence-corrected chi connectivity index (χ2v) is 17.8. The maximum atomic E-state index is 2.42. The molecule has 0 N–H and O–H groups in total. The van der Waals surface area contributed by atoms with E-state index in [0.717, 1.165) is 62.1 Å². The molecule has 0 unspecified atom stereocenters. The maximum absolute atomic E-state index is 2.42. The van der Waals surface area contributed by atoms with Gasteiger partial charge in [0.25, 0.3) is 0 Å². The first-order valence-electron chi connectivity index (χ1n) is 24.3. The third-order valence-corrected chi connectivity index (χ3v) is 13.4. The van der Waals surface area contributed by atoms with Crippen molar-refractivity contribution in [3.8, 4) is 61.5 Å². The summed E-state index contributed by atoms with van der Waals surface area (Å²) >= 11 is 0. The van der Waals surface area contributed by atoms with E-state index in [9.17, 15) is 0 Å². The summed E-state index contributed by atoms with van der Waals surface area (Å²) in [5, 5.41) is 1.21. The standard InChI is InChI=1S/C68H49N3/c1-7-19-50(20-8-1)51-31-40-62(41-32-51)70(63-44-35-53(36-45-63)52-33-42-61(43-34-52)69(58-25-13-4-14-26-58)59-27-15-5-16-28-59)64-46-37-54(38-47-64)57-39-48-66-65(49-57)67(55-21-9-2-10-22-55)68(56-23-11-3-12-24-56)71(66)60-29-17-6-18-30-60/h1-49H. The second-order valence-electron chi connectivity index (χ2n) is 17.8. The Bertz CT molecular complexity index is 3630. The van der Waals surface area contributed by atoms with Crippen LogP contribution in [0.2, 0.25) is 0 Å². The third-order valence-electron chi connectivity index (χ3n) is 13.4. The van der Waals surface area contributed by atoms with Crippen LogP contribution >= 0.6 is 0 Å². The minimum atomic E-state index is 1.08. The monoisotopic (exact) mass is 907 g/mol. The van der Waals surface area contributed by atoms with Gasteiger partial charge in [0, 0.05) is 50.8 Å². The van der Waals surface area contributed by atoms with Gasteiger partial charge in [-0.25, -0.2) is 0 Å². The lowest BCUT2D eigenvalue weighted by Gasteiger charge is -2.26. The quantitative estimate of drug-likeness (QED) is 0.121. The molecule has 1 heterocycles. The smallest absolute Gasteiger partial charge is 0.0619 e. The van der Waals surface area contributed by atoms with E-state index in [1.54, 1.807) is 0 Å². The number of fused-ring (bicyclic) bond motifs is 1. The van der Waals surface area contributed by atoms with Crippen molar-refractivity contribution in [3.05, 3.63) is 297 Å². The van der Waals surface area contributed by atoms with E-state index in [0.29, 0.717) is 0 Å². The zero-order valence-electron chi connectivity index (χ0n) is 39.1. The molecule has 0 saturated heterocycles. The Balaban J connectivity index is 0.912. The van der Waals surface area contributed by atoms with Crippen LogP contribution in [0.25, 0.3) is 72.4 Å². The summed E-state index contributed by atoms with van der Waals surface area (Å²) in [7, 11) is 0. The normalized spacial score (nSPS) is 11.1. The average molecular weight is 908 g/mol. The van der Waals surface area contributed by atoms with E-state index in [1.165, 1.54) is 44.4 Å². The van der Waals surface area contributed by atoms with Crippen molar-refractivity contribution in [2.45, 2.75) is 0 Å². The fourth-order valence-corrected chi connectivity index (χ4v) is 9.97. The number of aromatic nitrogens is 1. The van der Waals surface area contributed by atoms with Crippen LogP contribution in [0.4, 0.5) is 34.1 Å². The molecule has 0 spiro atoms. The van der Waals surface area contributed by atoms with Gasteiger partial charge in [0.05, 0.1) is 11.2 Å². The van der Waals surface area contributed by atoms with Crippen LogP contribution in [0.1, 0.15) is 0 Å². The first-order valence-corrected chi connectivity index (χ1v) is 24.3. The van der Waals surface area contributed by atoms with Crippen LogP contribution in [-0.2, 0) is 0 Å². The van der Waals surface area contributed by atoms with Gasteiger partial charge in [-0.15, -0.1) is 0 Å². The summed E-state index contributed by atoms with van der Waals surface area (Å²) in [6.07, 6.45) is 0. The van der Waals surface area contributed by atoms with E-state index in [1.807, 2.05) is 0 Å². The molecule has 0 bridgehead atoms. The number of hydrogen-bond donors (Lipinski definition) is 0. The van der Waals surface area contributed by atoms with Crippen LogP contribution in [-0.4, -0.2) is 4.57 Å².